The highest BCUT2D eigenvalue weighted by atomic mass is 32.1. The summed E-state index contributed by atoms with van der Waals surface area (Å²) in [4.78, 5) is 18.5. The van der Waals surface area contributed by atoms with Gasteiger partial charge in [-0.2, -0.15) is 0 Å². The van der Waals surface area contributed by atoms with Gasteiger partial charge in [0.2, 0.25) is 5.91 Å². The third-order valence-electron chi connectivity index (χ3n) is 2.27. The number of nitrogens with zero attached hydrogens (tertiary/aromatic N) is 2. The monoisotopic (exact) mass is 255 g/mol. The van der Waals surface area contributed by atoms with Crippen molar-refractivity contribution >= 4 is 17.2 Å². The van der Waals surface area contributed by atoms with E-state index in [2.05, 4.69) is 31.1 Å². The van der Waals surface area contributed by atoms with Gasteiger partial charge in [-0.15, -0.1) is 11.3 Å². The Kier molecular flexibility index (Phi) is 4.65. The third-order valence-corrected chi connectivity index (χ3v) is 3.69. The summed E-state index contributed by atoms with van der Waals surface area (Å²) in [6.07, 6.45) is 1.89. The number of likely N-dealkylation sites (N-methyl/N-ethyl adjacent to an activating group) is 1. The van der Waals surface area contributed by atoms with Gasteiger partial charge in [-0.05, 0) is 0 Å². The molecule has 0 bridgehead atoms. The van der Waals surface area contributed by atoms with Crippen LogP contribution in [0.3, 0.4) is 0 Å². The van der Waals surface area contributed by atoms with E-state index in [-0.39, 0.29) is 11.3 Å². The summed E-state index contributed by atoms with van der Waals surface area (Å²) < 4.78 is 0. The Morgan fingerprint density at radius 3 is 2.59 bits per heavy atom. The molecule has 0 saturated carbocycles. The quantitative estimate of drug-likeness (QED) is 0.889. The second-order valence-corrected chi connectivity index (χ2v) is 6.39. The molecule has 0 saturated heterocycles. The van der Waals surface area contributed by atoms with E-state index in [1.807, 2.05) is 6.20 Å². The molecule has 5 heteroatoms. The molecule has 96 valence electrons. The van der Waals surface area contributed by atoms with Crippen molar-refractivity contribution in [2.45, 2.75) is 32.7 Å². The molecule has 0 unspecified atom stereocenters. The lowest BCUT2D eigenvalue weighted by atomic mass is 9.98. The Morgan fingerprint density at radius 2 is 2.12 bits per heavy atom. The predicted octanol–water partition coefficient (Wildman–Crippen LogP) is 1.62. The number of rotatable bonds is 4. The molecule has 1 rings (SSSR count). The summed E-state index contributed by atoms with van der Waals surface area (Å²) in [5, 5.41) is 4.26. The predicted molar refractivity (Wildman–Crippen MR) is 71.2 cm³/mol. The van der Waals surface area contributed by atoms with Crippen LogP contribution in [0.2, 0.25) is 0 Å². The van der Waals surface area contributed by atoms with E-state index in [0.717, 1.165) is 5.01 Å². The highest BCUT2D eigenvalue weighted by molar-refractivity contribution is 7.11. The molecule has 0 aliphatic rings. The van der Waals surface area contributed by atoms with Gasteiger partial charge >= 0.3 is 0 Å². The van der Waals surface area contributed by atoms with Crippen LogP contribution < -0.4 is 5.32 Å². The first-order chi connectivity index (χ1) is 7.80. The molecular formula is C12H21N3OS. The smallest absolute Gasteiger partial charge is 0.236 e. The summed E-state index contributed by atoms with van der Waals surface area (Å²) in [5.74, 6) is 0.0885. The molecule has 1 heterocycles. The van der Waals surface area contributed by atoms with Crippen molar-refractivity contribution in [2.75, 3.05) is 20.6 Å². The average Bonchev–Trinajstić information content (AvgIpc) is 2.65. The first-order valence-electron chi connectivity index (χ1n) is 5.67. The standard InChI is InChI=1S/C12H21N3OS/c1-12(2,3)11-14-7-9(17-11)6-13-8-10(16)15(4)5/h7,13H,6,8H2,1-5H3. The number of hydrogen-bond donors (Lipinski definition) is 1. The van der Waals surface area contributed by atoms with Crippen molar-refractivity contribution in [1.82, 2.24) is 15.2 Å². The van der Waals surface area contributed by atoms with Crippen molar-refractivity contribution in [2.24, 2.45) is 0 Å². The normalized spacial score (nSPS) is 11.6. The SMILES string of the molecule is CN(C)C(=O)CNCc1cnc(C(C)(C)C)s1. The molecule has 1 amide bonds. The first kappa shape index (κ1) is 14.1. The molecular weight excluding hydrogens is 234 g/mol. The highest BCUT2D eigenvalue weighted by Crippen LogP contribution is 2.26. The first-order valence-corrected chi connectivity index (χ1v) is 6.48. The van der Waals surface area contributed by atoms with Gasteiger partial charge in [0.25, 0.3) is 0 Å². The molecule has 17 heavy (non-hydrogen) atoms. The minimum absolute atomic E-state index is 0.0885. The molecule has 0 aliphatic heterocycles. The molecule has 0 spiro atoms. The van der Waals surface area contributed by atoms with Crippen LogP contribution in [0.25, 0.3) is 0 Å². The molecule has 0 radical (unpaired) electrons. The number of hydrogen-bond acceptors (Lipinski definition) is 4. The van der Waals surface area contributed by atoms with E-state index in [1.165, 1.54) is 4.88 Å². The van der Waals surface area contributed by atoms with Gasteiger partial charge in [0.05, 0.1) is 11.6 Å². The topological polar surface area (TPSA) is 45.2 Å². The summed E-state index contributed by atoms with van der Waals surface area (Å²) in [6, 6.07) is 0. The second kappa shape index (κ2) is 5.60. The number of nitrogens with one attached hydrogen (secondary N) is 1. The largest absolute Gasteiger partial charge is 0.348 e. The van der Waals surface area contributed by atoms with Crippen molar-refractivity contribution in [3.8, 4) is 0 Å². The number of amides is 1. The maximum absolute atomic E-state index is 11.3. The molecule has 0 aromatic carbocycles. The van der Waals surface area contributed by atoms with Gasteiger partial charge in [-0.1, -0.05) is 20.8 Å². The zero-order valence-corrected chi connectivity index (χ0v) is 12.0. The lowest BCUT2D eigenvalue weighted by molar-refractivity contribution is -0.127. The summed E-state index contributed by atoms with van der Waals surface area (Å²) in [6.45, 7) is 7.53. The summed E-state index contributed by atoms with van der Waals surface area (Å²) >= 11 is 1.70. The van der Waals surface area contributed by atoms with Gasteiger partial charge in [0.15, 0.2) is 0 Å². The van der Waals surface area contributed by atoms with E-state index in [9.17, 15) is 4.79 Å². The molecule has 1 aromatic rings. The Balaban J connectivity index is 2.43. The Labute approximate surface area is 107 Å². The van der Waals surface area contributed by atoms with Crippen LogP contribution in [0.15, 0.2) is 6.20 Å². The second-order valence-electron chi connectivity index (χ2n) is 5.27. The lowest BCUT2D eigenvalue weighted by Crippen LogP contribution is -2.32. The summed E-state index contributed by atoms with van der Waals surface area (Å²) in [7, 11) is 3.52. The van der Waals surface area contributed by atoms with Gasteiger partial charge in [-0.25, -0.2) is 4.98 Å². The van der Waals surface area contributed by atoms with Gasteiger partial charge in [0.1, 0.15) is 0 Å². The van der Waals surface area contributed by atoms with Crippen molar-refractivity contribution in [1.29, 1.82) is 0 Å². The molecule has 0 fully saturated rings. The van der Waals surface area contributed by atoms with E-state index in [0.29, 0.717) is 13.1 Å². The minimum Gasteiger partial charge on any atom is -0.348 e. The third kappa shape index (κ3) is 4.44. The summed E-state index contributed by atoms with van der Waals surface area (Å²) in [5.41, 5.74) is 0.0996. The van der Waals surface area contributed by atoms with Crippen LogP contribution in [0.4, 0.5) is 0 Å². The lowest BCUT2D eigenvalue weighted by Gasteiger charge is -2.13. The van der Waals surface area contributed by atoms with Crippen molar-refractivity contribution in [3.63, 3.8) is 0 Å². The van der Waals surface area contributed by atoms with Gasteiger partial charge in [-0.3, -0.25) is 4.79 Å². The number of carbonyl (C=O) groups excluding carboxylic acids is 1. The van der Waals surface area contributed by atoms with Crippen LogP contribution in [0.5, 0.6) is 0 Å². The molecule has 1 aromatic heterocycles. The average molecular weight is 255 g/mol. The zero-order chi connectivity index (χ0) is 13.1. The number of carbonyl (C=O) groups is 1. The van der Waals surface area contributed by atoms with Gasteiger partial charge < -0.3 is 10.2 Å². The molecule has 0 atom stereocenters. The minimum atomic E-state index is 0.0885. The Bertz CT molecular complexity index is 379. The van der Waals surface area contributed by atoms with Crippen LogP contribution >= 0.6 is 11.3 Å². The van der Waals surface area contributed by atoms with Crippen LogP contribution in [0.1, 0.15) is 30.7 Å². The van der Waals surface area contributed by atoms with E-state index in [1.54, 1.807) is 30.3 Å². The zero-order valence-electron chi connectivity index (χ0n) is 11.2. The maximum atomic E-state index is 11.3. The van der Waals surface area contributed by atoms with E-state index < -0.39 is 0 Å². The molecule has 1 N–H and O–H groups in total. The molecule has 0 aliphatic carbocycles. The maximum Gasteiger partial charge on any atom is 0.236 e. The van der Waals surface area contributed by atoms with Crippen LogP contribution in [-0.4, -0.2) is 36.4 Å². The number of thiazole rings is 1. The fourth-order valence-electron chi connectivity index (χ4n) is 1.19. The van der Waals surface area contributed by atoms with Crippen LogP contribution in [0, 0.1) is 0 Å². The van der Waals surface area contributed by atoms with E-state index in [4.69, 9.17) is 0 Å². The highest BCUT2D eigenvalue weighted by Gasteiger charge is 2.17. The Morgan fingerprint density at radius 1 is 1.47 bits per heavy atom. The number of aromatic nitrogens is 1. The van der Waals surface area contributed by atoms with Crippen molar-refractivity contribution in [3.05, 3.63) is 16.1 Å². The Hall–Kier alpha value is -0.940. The van der Waals surface area contributed by atoms with Gasteiger partial charge in [0, 0.05) is 37.1 Å². The fraction of sp³-hybridized carbons (Fsp3) is 0.667. The van der Waals surface area contributed by atoms with Crippen LogP contribution in [-0.2, 0) is 16.8 Å². The van der Waals surface area contributed by atoms with Crippen molar-refractivity contribution < 1.29 is 4.79 Å². The van der Waals surface area contributed by atoms with E-state index >= 15 is 0 Å². The fourth-order valence-corrected chi connectivity index (χ4v) is 2.13. The molecule has 4 nitrogen and oxygen atoms in total.